The topological polar surface area (TPSA) is 57.6 Å². The van der Waals surface area contributed by atoms with Crippen molar-refractivity contribution < 1.29 is 14.7 Å². The molecule has 4 nitrogen and oxygen atoms in total. The summed E-state index contributed by atoms with van der Waals surface area (Å²) in [7, 11) is 0. The molecule has 0 aliphatic heterocycles. The van der Waals surface area contributed by atoms with Gasteiger partial charge < -0.3 is 10.0 Å². The predicted octanol–water partition coefficient (Wildman–Crippen LogP) is 2.64. The molecule has 1 amide bonds. The van der Waals surface area contributed by atoms with Gasteiger partial charge in [0.05, 0.1) is 11.0 Å². The lowest BCUT2D eigenvalue weighted by Gasteiger charge is -2.28. The number of rotatable bonds is 7. The molecule has 0 saturated heterocycles. The van der Waals surface area contributed by atoms with Crippen LogP contribution in [0, 0.1) is 6.92 Å². The standard InChI is InChI=1S/C15H23NO3S/c1-10(2)16(9-11(3)17)15(19)8-6-13(18)14-7-5-12(4)20-14/h5,7,10-11,17H,6,8-9H2,1-4H3. The van der Waals surface area contributed by atoms with Crippen LogP contribution in [-0.4, -0.2) is 40.4 Å². The normalized spacial score (nSPS) is 12.5. The number of nitrogens with zero attached hydrogens (tertiary/aromatic N) is 1. The number of carbonyl (C=O) groups is 2. The molecule has 5 heteroatoms. The van der Waals surface area contributed by atoms with Crippen molar-refractivity contribution in [3.8, 4) is 0 Å². The first-order chi connectivity index (χ1) is 9.31. The third-order valence-electron chi connectivity index (χ3n) is 2.99. The molecule has 0 bridgehead atoms. The molecule has 0 aliphatic carbocycles. The van der Waals surface area contributed by atoms with Crippen molar-refractivity contribution in [1.29, 1.82) is 0 Å². The molecule has 112 valence electrons. The van der Waals surface area contributed by atoms with Gasteiger partial charge >= 0.3 is 0 Å². The summed E-state index contributed by atoms with van der Waals surface area (Å²) in [6.45, 7) is 7.73. The van der Waals surface area contributed by atoms with Gasteiger partial charge in [-0.05, 0) is 39.8 Å². The van der Waals surface area contributed by atoms with Crippen molar-refractivity contribution in [1.82, 2.24) is 4.90 Å². The molecule has 1 N–H and O–H groups in total. The van der Waals surface area contributed by atoms with Crippen molar-refractivity contribution in [3.63, 3.8) is 0 Å². The first kappa shape index (κ1) is 16.9. The van der Waals surface area contributed by atoms with Crippen molar-refractivity contribution in [2.45, 2.75) is 52.7 Å². The second-order valence-corrected chi connectivity index (χ2v) is 6.61. The summed E-state index contributed by atoms with van der Waals surface area (Å²) in [5, 5.41) is 9.42. The summed E-state index contributed by atoms with van der Waals surface area (Å²) in [5.74, 6) is -0.0697. The van der Waals surface area contributed by atoms with E-state index in [-0.39, 0.29) is 30.6 Å². The van der Waals surface area contributed by atoms with Crippen LogP contribution < -0.4 is 0 Å². The lowest BCUT2D eigenvalue weighted by Crippen LogP contribution is -2.41. The Hall–Kier alpha value is -1.20. The fourth-order valence-electron chi connectivity index (χ4n) is 1.96. The molecular weight excluding hydrogens is 274 g/mol. The summed E-state index contributed by atoms with van der Waals surface area (Å²) < 4.78 is 0. The Labute approximate surface area is 124 Å². The molecule has 1 aromatic heterocycles. The number of aliphatic hydroxyl groups excluding tert-OH is 1. The van der Waals surface area contributed by atoms with Gasteiger partial charge in [0, 0.05) is 30.3 Å². The highest BCUT2D eigenvalue weighted by molar-refractivity contribution is 7.14. The molecule has 1 aromatic rings. The number of Topliss-reactive ketones (excluding diaryl/α,β-unsaturated/α-hetero) is 1. The zero-order valence-corrected chi connectivity index (χ0v) is 13.4. The lowest BCUT2D eigenvalue weighted by atomic mass is 10.1. The Morgan fingerprint density at radius 1 is 1.25 bits per heavy atom. The Morgan fingerprint density at radius 3 is 2.35 bits per heavy atom. The minimum Gasteiger partial charge on any atom is -0.392 e. The minimum atomic E-state index is -0.558. The molecule has 1 heterocycles. The van der Waals surface area contributed by atoms with Gasteiger partial charge in [0.2, 0.25) is 5.91 Å². The van der Waals surface area contributed by atoms with Crippen LogP contribution >= 0.6 is 11.3 Å². The van der Waals surface area contributed by atoms with Crippen LogP contribution in [0.4, 0.5) is 0 Å². The molecule has 1 unspecified atom stereocenters. The molecule has 0 aromatic carbocycles. The van der Waals surface area contributed by atoms with Gasteiger partial charge in [-0.25, -0.2) is 0 Å². The summed E-state index contributed by atoms with van der Waals surface area (Å²) in [4.78, 5) is 27.5. The maximum atomic E-state index is 12.1. The SMILES string of the molecule is Cc1ccc(C(=O)CCC(=O)N(CC(C)O)C(C)C)s1. The molecule has 0 spiro atoms. The highest BCUT2D eigenvalue weighted by Gasteiger charge is 2.20. The number of aryl methyl sites for hydroxylation is 1. The van der Waals surface area contributed by atoms with Crippen LogP contribution in [0.3, 0.4) is 0 Å². The molecule has 0 saturated carbocycles. The number of carbonyl (C=O) groups excluding carboxylic acids is 2. The fraction of sp³-hybridized carbons (Fsp3) is 0.600. The van der Waals surface area contributed by atoms with Crippen molar-refractivity contribution in [2.24, 2.45) is 0 Å². The number of hydrogen-bond donors (Lipinski definition) is 1. The average molecular weight is 297 g/mol. The van der Waals surface area contributed by atoms with Gasteiger partial charge in [0.1, 0.15) is 0 Å². The quantitative estimate of drug-likeness (QED) is 0.787. The van der Waals surface area contributed by atoms with Crippen LogP contribution in [0.25, 0.3) is 0 Å². The van der Waals surface area contributed by atoms with Crippen LogP contribution in [0.15, 0.2) is 12.1 Å². The van der Waals surface area contributed by atoms with E-state index in [1.165, 1.54) is 11.3 Å². The molecular formula is C15H23NO3S. The van der Waals surface area contributed by atoms with E-state index in [1.807, 2.05) is 32.9 Å². The van der Waals surface area contributed by atoms with Crippen LogP contribution in [0.5, 0.6) is 0 Å². The lowest BCUT2D eigenvalue weighted by molar-refractivity contribution is -0.134. The van der Waals surface area contributed by atoms with Gasteiger partial charge in [-0.3, -0.25) is 9.59 Å². The zero-order valence-electron chi connectivity index (χ0n) is 12.5. The number of hydrogen-bond acceptors (Lipinski definition) is 4. The number of aliphatic hydroxyl groups is 1. The van der Waals surface area contributed by atoms with Crippen molar-refractivity contribution >= 4 is 23.0 Å². The highest BCUT2D eigenvalue weighted by Crippen LogP contribution is 2.18. The molecule has 1 atom stereocenters. The second kappa shape index (κ2) is 7.55. The van der Waals surface area contributed by atoms with Crippen LogP contribution in [0.2, 0.25) is 0 Å². The first-order valence-corrected chi connectivity index (χ1v) is 7.70. The van der Waals surface area contributed by atoms with E-state index >= 15 is 0 Å². The first-order valence-electron chi connectivity index (χ1n) is 6.88. The van der Waals surface area contributed by atoms with Crippen molar-refractivity contribution in [2.75, 3.05) is 6.54 Å². The van der Waals surface area contributed by atoms with Crippen molar-refractivity contribution in [3.05, 3.63) is 21.9 Å². The van der Waals surface area contributed by atoms with Crippen LogP contribution in [0.1, 0.15) is 48.2 Å². The molecule has 1 rings (SSSR count). The van der Waals surface area contributed by atoms with Crippen LogP contribution in [-0.2, 0) is 4.79 Å². The van der Waals surface area contributed by atoms with E-state index in [4.69, 9.17) is 0 Å². The monoisotopic (exact) mass is 297 g/mol. The maximum absolute atomic E-state index is 12.1. The minimum absolute atomic E-state index is 0.0113. The van der Waals surface area contributed by atoms with E-state index in [1.54, 1.807) is 11.8 Å². The van der Waals surface area contributed by atoms with E-state index in [0.717, 1.165) is 4.88 Å². The zero-order chi connectivity index (χ0) is 15.3. The Bertz CT molecular complexity index is 465. The summed E-state index contributed by atoms with van der Waals surface area (Å²) >= 11 is 1.46. The average Bonchev–Trinajstić information content (AvgIpc) is 2.78. The Balaban J connectivity index is 2.54. The second-order valence-electron chi connectivity index (χ2n) is 5.32. The molecule has 0 radical (unpaired) electrons. The van der Waals surface area contributed by atoms with E-state index in [0.29, 0.717) is 11.4 Å². The van der Waals surface area contributed by atoms with Gasteiger partial charge in [-0.15, -0.1) is 11.3 Å². The smallest absolute Gasteiger partial charge is 0.223 e. The number of ketones is 1. The third-order valence-corrected chi connectivity index (χ3v) is 4.03. The number of amides is 1. The molecule has 0 fully saturated rings. The van der Waals surface area contributed by atoms with Gasteiger partial charge in [-0.2, -0.15) is 0 Å². The fourth-order valence-corrected chi connectivity index (χ4v) is 2.79. The Kier molecular flexibility index (Phi) is 6.36. The largest absolute Gasteiger partial charge is 0.392 e. The molecule has 20 heavy (non-hydrogen) atoms. The highest BCUT2D eigenvalue weighted by atomic mass is 32.1. The molecule has 0 aliphatic rings. The third kappa shape index (κ3) is 5.06. The summed E-state index contributed by atoms with van der Waals surface area (Å²) in [5.41, 5.74) is 0. The summed E-state index contributed by atoms with van der Waals surface area (Å²) in [6, 6.07) is 3.74. The van der Waals surface area contributed by atoms with E-state index in [2.05, 4.69) is 0 Å². The number of thiophene rings is 1. The van der Waals surface area contributed by atoms with E-state index < -0.39 is 6.10 Å². The Morgan fingerprint density at radius 2 is 1.90 bits per heavy atom. The van der Waals surface area contributed by atoms with Gasteiger partial charge in [0.25, 0.3) is 0 Å². The van der Waals surface area contributed by atoms with E-state index in [9.17, 15) is 14.7 Å². The van der Waals surface area contributed by atoms with Gasteiger partial charge in [0.15, 0.2) is 5.78 Å². The predicted molar refractivity (Wildman–Crippen MR) is 81.2 cm³/mol. The summed E-state index contributed by atoms with van der Waals surface area (Å²) in [6.07, 6.45) is -0.139. The maximum Gasteiger partial charge on any atom is 0.223 e. The van der Waals surface area contributed by atoms with Gasteiger partial charge in [-0.1, -0.05) is 0 Å².